The summed E-state index contributed by atoms with van der Waals surface area (Å²) in [6.07, 6.45) is 3.01. The molecule has 0 spiro atoms. The summed E-state index contributed by atoms with van der Waals surface area (Å²) in [4.78, 5) is 15.2. The van der Waals surface area contributed by atoms with Crippen LogP contribution in [0.3, 0.4) is 0 Å². The van der Waals surface area contributed by atoms with Gasteiger partial charge in [-0.05, 0) is 25.2 Å². The topological polar surface area (TPSA) is 55.1 Å². The van der Waals surface area contributed by atoms with Crippen molar-refractivity contribution < 1.29 is 9.90 Å². The number of carboxylic acid groups (broad SMARTS) is 1. The Morgan fingerprint density at radius 1 is 1.53 bits per heavy atom. The zero-order valence-corrected chi connectivity index (χ0v) is 9.16. The number of aromatic nitrogens is 2. The molecule has 0 atom stereocenters. The van der Waals surface area contributed by atoms with Gasteiger partial charge in [-0.3, -0.25) is 0 Å². The predicted molar refractivity (Wildman–Crippen MR) is 56.0 cm³/mol. The fourth-order valence-electron chi connectivity index (χ4n) is 2.16. The molecule has 1 aromatic heterocycles. The molecule has 0 bridgehead atoms. The van der Waals surface area contributed by atoms with E-state index in [2.05, 4.69) is 18.8 Å². The first-order valence-electron chi connectivity index (χ1n) is 5.41. The second kappa shape index (κ2) is 3.68. The molecular formula is C11H16N2O2. The van der Waals surface area contributed by atoms with Gasteiger partial charge in [-0.15, -0.1) is 0 Å². The quantitative estimate of drug-likeness (QED) is 0.823. The number of carbonyl (C=O) groups is 1. The Morgan fingerprint density at radius 3 is 2.87 bits per heavy atom. The third kappa shape index (κ3) is 1.76. The molecule has 0 amide bonds. The third-order valence-corrected chi connectivity index (χ3v) is 2.72. The molecule has 1 heterocycles. The summed E-state index contributed by atoms with van der Waals surface area (Å²) in [5.41, 5.74) is 2.13. The molecule has 0 fully saturated rings. The minimum atomic E-state index is -0.912. The first-order valence-corrected chi connectivity index (χ1v) is 5.41. The normalized spacial score (nSPS) is 14.6. The smallest absolute Gasteiger partial charge is 0.372 e. The van der Waals surface area contributed by atoms with Crippen LogP contribution in [0.5, 0.6) is 0 Å². The van der Waals surface area contributed by atoms with E-state index in [1.54, 1.807) is 0 Å². The average molecular weight is 208 g/mol. The number of aromatic carboxylic acids is 1. The van der Waals surface area contributed by atoms with Crippen LogP contribution < -0.4 is 0 Å². The van der Waals surface area contributed by atoms with E-state index >= 15 is 0 Å². The van der Waals surface area contributed by atoms with Gasteiger partial charge in [0.2, 0.25) is 5.82 Å². The van der Waals surface area contributed by atoms with Crippen molar-refractivity contribution in [2.24, 2.45) is 5.92 Å². The van der Waals surface area contributed by atoms with E-state index in [0.29, 0.717) is 5.92 Å². The summed E-state index contributed by atoms with van der Waals surface area (Å²) in [7, 11) is 0. The molecule has 1 N–H and O–H groups in total. The van der Waals surface area contributed by atoms with Crippen molar-refractivity contribution in [1.82, 2.24) is 9.55 Å². The third-order valence-electron chi connectivity index (χ3n) is 2.72. The molecule has 4 nitrogen and oxygen atoms in total. The van der Waals surface area contributed by atoms with Crippen LogP contribution in [-0.2, 0) is 19.4 Å². The molecule has 2 rings (SSSR count). The van der Waals surface area contributed by atoms with Crippen molar-refractivity contribution in [3.63, 3.8) is 0 Å². The van der Waals surface area contributed by atoms with Crippen LogP contribution in [0.1, 0.15) is 42.3 Å². The Bertz CT molecular complexity index is 394. The maximum Gasteiger partial charge on any atom is 0.372 e. The molecule has 0 aromatic carbocycles. The highest BCUT2D eigenvalue weighted by Crippen LogP contribution is 2.23. The van der Waals surface area contributed by atoms with Crippen molar-refractivity contribution in [1.29, 1.82) is 0 Å². The van der Waals surface area contributed by atoms with Gasteiger partial charge in [-0.1, -0.05) is 13.8 Å². The maximum atomic E-state index is 11.0. The zero-order chi connectivity index (χ0) is 11.0. The van der Waals surface area contributed by atoms with E-state index in [1.807, 2.05) is 4.57 Å². The van der Waals surface area contributed by atoms with E-state index in [0.717, 1.165) is 37.2 Å². The van der Waals surface area contributed by atoms with Crippen LogP contribution in [0, 0.1) is 5.92 Å². The largest absolute Gasteiger partial charge is 0.475 e. The Kier molecular flexibility index (Phi) is 2.50. The summed E-state index contributed by atoms with van der Waals surface area (Å²) in [5.74, 6) is -0.250. The molecule has 0 radical (unpaired) electrons. The van der Waals surface area contributed by atoms with Crippen LogP contribution in [0.2, 0.25) is 0 Å². The molecule has 0 aliphatic heterocycles. The summed E-state index contributed by atoms with van der Waals surface area (Å²) >= 11 is 0. The van der Waals surface area contributed by atoms with Gasteiger partial charge in [0, 0.05) is 12.2 Å². The van der Waals surface area contributed by atoms with Crippen molar-refractivity contribution in [3.8, 4) is 0 Å². The van der Waals surface area contributed by atoms with E-state index in [1.165, 1.54) is 0 Å². The maximum absolute atomic E-state index is 11.0. The molecular weight excluding hydrogens is 192 g/mol. The van der Waals surface area contributed by atoms with Gasteiger partial charge >= 0.3 is 5.97 Å². The number of carboxylic acids is 1. The lowest BCUT2D eigenvalue weighted by atomic mass is 10.2. The van der Waals surface area contributed by atoms with Crippen molar-refractivity contribution in [2.75, 3.05) is 0 Å². The predicted octanol–water partition coefficient (Wildman–Crippen LogP) is 1.73. The lowest BCUT2D eigenvalue weighted by Gasteiger charge is -2.11. The van der Waals surface area contributed by atoms with Crippen LogP contribution >= 0.6 is 0 Å². The molecule has 1 aromatic rings. The number of hydrogen-bond donors (Lipinski definition) is 1. The van der Waals surface area contributed by atoms with Gasteiger partial charge in [-0.25, -0.2) is 9.78 Å². The minimum Gasteiger partial charge on any atom is -0.475 e. The first-order chi connectivity index (χ1) is 7.09. The van der Waals surface area contributed by atoms with E-state index < -0.39 is 5.97 Å². The lowest BCUT2D eigenvalue weighted by molar-refractivity contribution is 0.0676. The number of fused-ring (bicyclic) bond motifs is 1. The summed E-state index contributed by atoms with van der Waals surface area (Å²) in [6, 6.07) is 0. The summed E-state index contributed by atoms with van der Waals surface area (Å²) in [5, 5.41) is 9.05. The Balaban J connectivity index is 2.43. The van der Waals surface area contributed by atoms with Gasteiger partial charge in [0.15, 0.2) is 0 Å². The van der Waals surface area contributed by atoms with Crippen molar-refractivity contribution in [2.45, 2.75) is 39.7 Å². The molecule has 0 unspecified atom stereocenters. The van der Waals surface area contributed by atoms with Crippen LogP contribution in [-0.4, -0.2) is 20.6 Å². The fraction of sp³-hybridized carbons (Fsp3) is 0.636. The second-order valence-corrected chi connectivity index (χ2v) is 4.49. The van der Waals surface area contributed by atoms with Crippen LogP contribution in [0.25, 0.3) is 0 Å². The molecule has 82 valence electrons. The highest BCUT2D eigenvalue weighted by atomic mass is 16.4. The second-order valence-electron chi connectivity index (χ2n) is 4.49. The Morgan fingerprint density at radius 2 is 2.27 bits per heavy atom. The number of hydrogen-bond acceptors (Lipinski definition) is 2. The monoisotopic (exact) mass is 208 g/mol. The number of nitrogens with zero attached hydrogens (tertiary/aromatic N) is 2. The van der Waals surface area contributed by atoms with Gasteiger partial charge in [0.1, 0.15) is 0 Å². The van der Waals surface area contributed by atoms with E-state index in [9.17, 15) is 4.79 Å². The minimum absolute atomic E-state index is 0.216. The molecule has 0 saturated heterocycles. The van der Waals surface area contributed by atoms with Gasteiger partial charge in [-0.2, -0.15) is 0 Å². The summed E-state index contributed by atoms with van der Waals surface area (Å²) < 4.78 is 1.88. The van der Waals surface area contributed by atoms with Gasteiger partial charge in [0.05, 0.1) is 5.69 Å². The van der Waals surface area contributed by atoms with Crippen LogP contribution in [0.4, 0.5) is 0 Å². The standard InChI is InChI=1S/C11H16N2O2/c1-7(2)6-13-9-5-3-4-8(9)12-10(13)11(14)15/h7H,3-6H2,1-2H3,(H,14,15). The highest BCUT2D eigenvalue weighted by Gasteiger charge is 2.24. The molecule has 4 heteroatoms. The fourth-order valence-corrected chi connectivity index (χ4v) is 2.16. The molecule has 15 heavy (non-hydrogen) atoms. The van der Waals surface area contributed by atoms with Crippen molar-refractivity contribution in [3.05, 3.63) is 17.2 Å². The number of imidazole rings is 1. The van der Waals surface area contributed by atoms with Gasteiger partial charge < -0.3 is 9.67 Å². The Labute approximate surface area is 88.9 Å². The van der Waals surface area contributed by atoms with E-state index in [4.69, 9.17) is 5.11 Å². The zero-order valence-electron chi connectivity index (χ0n) is 9.16. The summed E-state index contributed by atoms with van der Waals surface area (Å²) in [6.45, 7) is 4.93. The number of aryl methyl sites for hydroxylation is 1. The lowest BCUT2D eigenvalue weighted by Crippen LogP contribution is -2.15. The first kappa shape index (κ1) is 10.2. The van der Waals surface area contributed by atoms with Crippen LogP contribution in [0.15, 0.2) is 0 Å². The molecule has 0 saturated carbocycles. The molecule has 1 aliphatic carbocycles. The highest BCUT2D eigenvalue weighted by molar-refractivity contribution is 5.84. The Hall–Kier alpha value is -1.32. The van der Waals surface area contributed by atoms with Gasteiger partial charge in [0.25, 0.3) is 0 Å². The average Bonchev–Trinajstić information content (AvgIpc) is 2.66. The number of rotatable bonds is 3. The van der Waals surface area contributed by atoms with E-state index in [-0.39, 0.29) is 5.82 Å². The molecule has 1 aliphatic rings. The SMILES string of the molecule is CC(C)Cn1c(C(=O)O)nc2c1CCC2. The van der Waals surface area contributed by atoms with Crippen molar-refractivity contribution >= 4 is 5.97 Å².